The third-order valence-corrected chi connectivity index (χ3v) is 2.60. The smallest absolute Gasteiger partial charge is 0.0184 e. The summed E-state index contributed by atoms with van der Waals surface area (Å²) in [5.74, 6) is 0. The Kier molecular flexibility index (Phi) is 53.5. The van der Waals surface area contributed by atoms with Crippen LogP contribution in [-0.2, 0) is 0 Å². The van der Waals surface area contributed by atoms with Crippen molar-refractivity contribution in [2.75, 3.05) is 0 Å². The molecule has 0 fully saturated rings. The third kappa shape index (κ3) is 32.8. The minimum atomic E-state index is 1.25. The van der Waals surface area contributed by atoms with Gasteiger partial charge in [-0.05, 0) is 17.7 Å². The van der Waals surface area contributed by atoms with E-state index in [4.69, 9.17) is 0 Å². The fourth-order valence-corrected chi connectivity index (χ4v) is 1.67. The molecule has 0 heteroatoms. The molecular weight excluding hydrogens is 372 g/mol. The van der Waals surface area contributed by atoms with Gasteiger partial charge in [-0.15, -0.1) is 0 Å². The zero-order valence-electron chi connectivity index (χ0n) is 23.4. The first-order valence-corrected chi connectivity index (χ1v) is 12.6. The molecule has 0 saturated heterocycles. The van der Waals surface area contributed by atoms with E-state index in [0.29, 0.717) is 0 Å². The van der Waals surface area contributed by atoms with Crippen molar-refractivity contribution in [3.05, 3.63) is 84.4 Å². The van der Waals surface area contributed by atoms with E-state index in [1.807, 2.05) is 73.6 Å². The average Bonchev–Trinajstić information content (AvgIpc) is 2.86. The molecular formula is C31H56. The van der Waals surface area contributed by atoms with E-state index in [2.05, 4.69) is 95.3 Å². The lowest BCUT2D eigenvalue weighted by Gasteiger charge is -1.92. The van der Waals surface area contributed by atoms with Gasteiger partial charge in [0.05, 0.1) is 0 Å². The molecule has 0 aromatic heterocycles. The molecule has 0 nitrogen and oxygen atoms in total. The Labute approximate surface area is 198 Å². The topological polar surface area (TPSA) is 0 Å². The monoisotopic (exact) mass is 428 g/mol. The van der Waals surface area contributed by atoms with Crippen LogP contribution in [0.15, 0.2) is 78.9 Å². The van der Waals surface area contributed by atoms with Gasteiger partial charge in [0.15, 0.2) is 0 Å². The van der Waals surface area contributed by atoms with E-state index in [9.17, 15) is 0 Å². The van der Waals surface area contributed by atoms with Crippen LogP contribution in [0, 0.1) is 6.92 Å². The second kappa shape index (κ2) is 42.1. The van der Waals surface area contributed by atoms with Gasteiger partial charge in [-0.2, -0.15) is 0 Å². The van der Waals surface area contributed by atoms with Crippen molar-refractivity contribution in [3.8, 4) is 0 Å². The molecule has 0 spiro atoms. The van der Waals surface area contributed by atoms with Crippen molar-refractivity contribution in [3.63, 3.8) is 0 Å². The Bertz CT molecular complexity index is 529. The maximum Gasteiger partial charge on any atom is -0.0184 e. The average molecular weight is 429 g/mol. The summed E-state index contributed by atoms with van der Waals surface area (Å²) in [6.07, 6.45) is 2.50. The van der Waals surface area contributed by atoms with Crippen LogP contribution in [0.1, 0.15) is 101 Å². The third-order valence-electron chi connectivity index (χ3n) is 2.60. The first-order valence-electron chi connectivity index (χ1n) is 12.6. The summed E-state index contributed by atoms with van der Waals surface area (Å²) in [5, 5.41) is 2.62. The maximum absolute atomic E-state index is 2.12. The molecule has 0 N–H and O–H groups in total. The highest BCUT2D eigenvalue weighted by molar-refractivity contribution is 5.81. The number of fused-ring (bicyclic) bond motifs is 1. The van der Waals surface area contributed by atoms with Gasteiger partial charge >= 0.3 is 0 Å². The van der Waals surface area contributed by atoms with Gasteiger partial charge in [0.1, 0.15) is 0 Å². The number of hydrogen-bond donors (Lipinski definition) is 0. The molecule has 0 bridgehead atoms. The van der Waals surface area contributed by atoms with Crippen molar-refractivity contribution in [2.24, 2.45) is 0 Å². The Balaban J connectivity index is -0.0000000950. The zero-order valence-corrected chi connectivity index (χ0v) is 23.4. The molecule has 3 aromatic rings. The molecule has 0 heterocycles. The summed E-state index contributed by atoms with van der Waals surface area (Å²) in [6.45, 7) is 26.6. The standard InChI is InChI=1S/C10H8.C7H8.2C3H8.4C2H6/c1-2-6-10-8-4-3-7-9(10)5-1;1-7-5-3-2-4-6-7;2*1-3-2;4*1-2/h1-8H;2-6H,1H3;2*3H2,1-2H3;4*1-2H3. The fraction of sp³-hybridized carbons (Fsp3) is 0.484. The first-order chi connectivity index (χ1) is 15.2. The largest absolute Gasteiger partial charge is 0.0683 e. The molecule has 0 saturated carbocycles. The Hall–Kier alpha value is -2.08. The van der Waals surface area contributed by atoms with Gasteiger partial charge in [-0.25, -0.2) is 0 Å². The summed E-state index contributed by atoms with van der Waals surface area (Å²) >= 11 is 0. The molecule has 0 unspecified atom stereocenters. The van der Waals surface area contributed by atoms with Crippen LogP contribution >= 0.6 is 0 Å². The minimum Gasteiger partial charge on any atom is -0.0683 e. The van der Waals surface area contributed by atoms with E-state index in [0.717, 1.165) is 0 Å². The summed E-state index contributed by atoms with van der Waals surface area (Å²) in [5.41, 5.74) is 1.32. The number of rotatable bonds is 0. The van der Waals surface area contributed by atoms with E-state index in [-0.39, 0.29) is 0 Å². The van der Waals surface area contributed by atoms with Gasteiger partial charge in [-0.1, -0.05) is 180 Å². The highest BCUT2D eigenvalue weighted by atomic mass is 13.9. The Morgan fingerprint density at radius 2 is 0.581 bits per heavy atom. The zero-order chi connectivity index (χ0) is 25.3. The first kappa shape index (κ1) is 39.4. The molecule has 0 atom stereocenters. The molecule has 0 aliphatic carbocycles. The summed E-state index contributed by atoms with van der Waals surface area (Å²) < 4.78 is 0. The van der Waals surface area contributed by atoms with Crippen LogP contribution in [0.4, 0.5) is 0 Å². The molecule has 0 aliphatic heterocycles. The van der Waals surface area contributed by atoms with Crippen LogP contribution in [-0.4, -0.2) is 0 Å². The number of aryl methyl sites for hydroxylation is 1. The Morgan fingerprint density at radius 1 is 0.387 bits per heavy atom. The van der Waals surface area contributed by atoms with Gasteiger partial charge in [0.2, 0.25) is 0 Å². The normalized spacial score (nSPS) is 7.13. The fourth-order valence-electron chi connectivity index (χ4n) is 1.67. The predicted octanol–water partition coefficient (Wildman–Crippen LogP) is 11.8. The van der Waals surface area contributed by atoms with Crippen molar-refractivity contribution in [1.82, 2.24) is 0 Å². The summed E-state index contributed by atoms with van der Waals surface area (Å²) in [7, 11) is 0. The highest BCUT2D eigenvalue weighted by Crippen LogP contribution is 2.11. The Morgan fingerprint density at radius 3 is 0.742 bits per heavy atom. The van der Waals surface area contributed by atoms with Crippen LogP contribution < -0.4 is 0 Å². The van der Waals surface area contributed by atoms with E-state index >= 15 is 0 Å². The molecule has 180 valence electrons. The van der Waals surface area contributed by atoms with Crippen LogP contribution in [0.25, 0.3) is 10.8 Å². The van der Waals surface area contributed by atoms with Crippen LogP contribution in [0.2, 0.25) is 0 Å². The van der Waals surface area contributed by atoms with Gasteiger partial charge in [0, 0.05) is 0 Å². The lowest BCUT2D eigenvalue weighted by atomic mass is 10.1. The summed E-state index contributed by atoms with van der Waals surface area (Å²) in [6, 6.07) is 27.0. The van der Waals surface area contributed by atoms with Crippen molar-refractivity contribution in [1.29, 1.82) is 0 Å². The van der Waals surface area contributed by atoms with Gasteiger partial charge in [-0.3, -0.25) is 0 Å². The second-order valence-electron chi connectivity index (χ2n) is 5.42. The van der Waals surface area contributed by atoms with E-state index < -0.39 is 0 Å². The van der Waals surface area contributed by atoms with Gasteiger partial charge in [0.25, 0.3) is 0 Å². The molecule has 3 aromatic carbocycles. The highest BCUT2D eigenvalue weighted by Gasteiger charge is 1.85. The number of benzene rings is 3. The van der Waals surface area contributed by atoms with Crippen molar-refractivity contribution < 1.29 is 0 Å². The van der Waals surface area contributed by atoms with E-state index in [1.54, 1.807) is 0 Å². The van der Waals surface area contributed by atoms with Crippen molar-refractivity contribution >= 4 is 10.8 Å². The molecule has 0 radical (unpaired) electrons. The quantitative estimate of drug-likeness (QED) is 0.334. The number of hydrogen-bond acceptors (Lipinski definition) is 0. The van der Waals surface area contributed by atoms with Crippen LogP contribution in [0.3, 0.4) is 0 Å². The predicted molar refractivity (Wildman–Crippen MR) is 152 cm³/mol. The molecule has 31 heavy (non-hydrogen) atoms. The maximum atomic E-state index is 2.12. The lowest BCUT2D eigenvalue weighted by Crippen LogP contribution is -1.67. The molecule has 0 amide bonds. The summed E-state index contributed by atoms with van der Waals surface area (Å²) in [4.78, 5) is 0. The SMILES string of the molecule is CC.CC.CC.CC.CCC.CCC.Cc1ccccc1.c1ccc2ccccc2c1. The minimum absolute atomic E-state index is 1.25. The molecule has 0 aliphatic rings. The van der Waals surface area contributed by atoms with E-state index in [1.165, 1.54) is 29.2 Å². The van der Waals surface area contributed by atoms with Crippen molar-refractivity contribution in [2.45, 2.75) is 103 Å². The molecule has 3 rings (SSSR count). The second-order valence-corrected chi connectivity index (χ2v) is 5.42. The van der Waals surface area contributed by atoms with Crippen LogP contribution in [0.5, 0.6) is 0 Å². The lowest BCUT2D eigenvalue weighted by molar-refractivity contribution is 1.09. The van der Waals surface area contributed by atoms with Gasteiger partial charge < -0.3 is 0 Å².